The van der Waals surface area contributed by atoms with Crippen molar-refractivity contribution in [2.75, 3.05) is 6.61 Å². The van der Waals surface area contributed by atoms with E-state index in [0.29, 0.717) is 27.9 Å². The quantitative estimate of drug-likeness (QED) is 0.680. The van der Waals surface area contributed by atoms with Crippen LogP contribution in [0.1, 0.15) is 28.9 Å². The minimum Gasteiger partial charge on any atom is -0.462 e. The predicted octanol–water partition coefficient (Wildman–Crippen LogP) is 4.26. The fourth-order valence-electron chi connectivity index (χ4n) is 2.74. The number of aromatic nitrogens is 1. The highest BCUT2D eigenvalue weighted by Crippen LogP contribution is 2.34. The predicted molar refractivity (Wildman–Crippen MR) is 97.4 cm³/mol. The number of carbonyl (C=O) groups excluding carboxylic acids is 1. The van der Waals surface area contributed by atoms with Gasteiger partial charge in [-0.25, -0.2) is 15.3 Å². The largest absolute Gasteiger partial charge is 0.462 e. The standard InChI is InChI=1S/C19H18N2O4S/c22-18(21-25-15-10-4-5-11-24-15)17-16(13-7-2-1-3-8-13)20-19(26-17)14-9-6-12-23-14/h1-3,6-9,12,15H,4-5,10-11H2,(H,21,22). The molecular weight excluding hydrogens is 352 g/mol. The Kier molecular flexibility index (Phi) is 5.10. The number of hydrogen-bond acceptors (Lipinski definition) is 6. The Morgan fingerprint density at radius 3 is 2.81 bits per heavy atom. The van der Waals surface area contributed by atoms with Gasteiger partial charge < -0.3 is 9.15 Å². The van der Waals surface area contributed by atoms with Gasteiger partial charge >= 0.3 is 0 Å². The number of nitrogens with zero attached hydrogens (tertiary/aromatic N) is 1. The number of benzene rings is 1. The van der Waals surface area contributed by atoms with Gasteiger partial charge in [0.2, 0.25) is 0 Å². The van der Waals surface area contributed by atoms with Gasteiger partial charge in [0.15, 0.2) is 17.1 Å². The molecule has 0 aliphatic carbocycles. The molecule has 134 valence electrons. The van der Waals surface area contributed by atoms with Crippen molar-refractivity contribution in [1.29, 1.82) is 0 Å². The van der Waals surface area contributed by atoms with E-state index in [2.05, 4.69) is 10.5 Å². The molecule has 1 aliphatic rings. The lowest BCUT2D eigenvalue weighted by atomic mass is 10.1. The monoisotopic (exact) mass is 370 g/mol. The number of ether oxygens (including phenoxy) is 1. The van der Waals surface area contributed by atoms with Crippen molar-refractivity contribution in [2.45, 2.75) is 25.6 Å². The van der Waals surface area contributed by atoms with Gasteiger partial charge in [0.1, 0.15) is 4.88 Å². The molecule has 2 aromatic heterocycles. The Morgan fingerprint density at radius 1 is 1.19 bits per heavy atom. The molecule has 0 radical (unpaired) electrons. The number of rotatable bonds is 5. The van der Waals surface area contributed by atoms with Crippen molar-refractivity contribution in [3.63, 3.8) is 0 Å². The Morgan fingerprint density at radius 2 is 2.08 bits per heavy atom. The van der Waals surface area contributed by atoms with Crippen LogP contribution in [-0.2, 0) is 9.57 Å². The van der Waals surface area contributed by atoms with Gasteiger partial charge in [-0.05, 0) is 25.0 Å². The van der Waals surface area contributed by atoms with Crippen molar-refractivity contribution < 1.29 is 18.8 Å². The molecule has 26 heavy (non-hydrogen) atoms. The summed E-state index contributed by atoms with van der Waals surface area (Å²) in [5.41, 5.74) is 3.98. The third-order valence-electron chi connectivity index (χ3n) is 4.03. The second-order valence-corrected chi connectivity index (χ2v) is 6.88. The van der Waals surface area contributed by atoms with Gasteiger partial charge in [0, 0.05) is 18.6 Å². The Labute approximate surface area is 154 Å². The van der Waals surface area contributed by atoms with Crippen molar-refractivity contribution >= 4 is 17.2 Å². The molecule has 1 saturated heterocycles. The second-order valence-electron chi connectivity index (χ2n) is 5.89. The zero-order valence-electron chi connectivity index (χ0n) is 14.0. The van der Waals surface area contributed by atoms with Crippen LogP contribution in [0.25, 0.3) is 22.0 Å². The number of hydroxylamine groups is 1. The van der Waals surface area contributed by atoms with E-state index < -0.39 is 6.29 Å². The molecule has 3 aromatic rings. The first-order valence-corrected chi connectivity index (χ1v) is 9.30. The maximum Gasteiger partial charge on any atom is 0.287 e. The second kappa shape index (κ2) is 7.82. The molecule has 4 rings (SSSR count). The molecule has 0 bridgehead atoms. The molecule has 1 N–H and O–H groups in total. The first-order valence-electron chi connectivity index (χ1n) is 8.49. The van der Waals surface area contributed by atoms with E-state index in [1.165, 1.54) is 11.3 Å². The molecule has 6 nitrogen and oxygen atoms in total. The van der Waals surface area contributed by atoms with Crippen LogP contribution < -0.4 is 5.48 Å². The lowest BCUT2D eigenvalue weighted by Gasteiger charge is -2.21. The molecule has 1 atom stereocenters. The molecule has 7 heteroatoms. The van der Waals surface area contributed by atoms with Crippen molar-refractivity contribution in [2.24, 2.45) is 0 Å². The number of furan rings is 1. The average molecular weight is 370 g/mol. The average Bonchev–Trinajstić information content (AvgIpc) is 3.37. The van der Waals surface area contributed by atoms with E-state index in [4.69, 9.17) is 14.0 Å². The molecule has 1 aliphatic heterocycles. The fraction of sp³-hybridized carbons (Fsp3) is 0.263. The van der Waals surface area contributed by atoms with Crippen LogP contribution in [0.15, 0.2) is 53.1 Å². The van der Waals surface area contributed by atoms with Gasteiger partial charge in [0.05, 0.1) is 12.0 Å². The van der Waals surface area contributed by atoms with Crippen LogP contribution in [-0.4, -0.2) is 23.8 Å². The highest BCUT2D eigenvalue weighted by Gasteiger charge is 2.23. The van der Waals surface area contributed by atoms with E-state index >= 15 is 0 Å². The first kappa shape index (κ1) is 17.0. The summed E-state index contributed by atoms with van der Waals surface area (Å²) in [6, 6.07) is 13.2. The summed E-state index contributed by atoms with van der Waals surface area (Å²) < 4.78 is 10.9. The summed E-state index contributed by atoms with van der Waals surface area (Å²) in [5, 5.41) is 0.646. The number of nitrogens with one attached hydrogen (secondary N) is 1. The van der Waals surface area contributed by atoms with Crippen LogP contribution in [0.4, 0.5) is 0 Å². The first-order chi connectivity index (χ1) is 12.8. The summed E-state index contributed by atoms with van der Waals surface area (Å²) in [7, 11) is 0. The third kappa shape index (κ3) is 3.70. The minimum absolute atomic E-state index is 0.340. The minimum atomic E-state index is -0.398. The zero-order valence-corrected chi connectivity index (χ0v) is 14.8. The molecular formula is C19H18N2O4S. The maximum atomic E-state index is 12.7. The molecule has 0 spiro atoms. The van der Waals surface area contributed by atoms with Gasteiger partial charge in [0.25, 0.3) is 5.91 Å². The highest BCUT2D eigenvalue weighted by molar-refractivity contribution is 7.17. The van der Waals surface area contributed by atoms with Gasteiger partial charge in [-0.1, -0.05) is 30.3 Å². The van der Waals surface area contributed by atoms with Crippen LogP contribution in [0.2, 0.25) is 0 Å². The number of amides is 1. The van der Waals surface area contributed by atoms with E-state index in [-0.39, 0.29) is 5.91 Å². The van der Waals surface area contributed by atoms with Gasteiger partial charge in [-0.2, -0.15) is 0 Å². The molecule has 1 fully saturated rings. The Hall–Kier alpha value is -2.48. The highest BCUT2D eigenvalue weighted by atomic mass is 32.1. The number of hydrogen-bond donors (Lipinski definition) is 1. The zero-order chi connectivity index (χ0) is 17.8. The maximum absolute atomic E-state index is 12.7. The molecule has 1 aromatic carbocycles. The lowest BCUT2D eigenvalue weighted by molar-refractivity contribution is -0.186. The molecule has 0 saturated carbocycles. The summed E-state index contributed by atoms with van der Waals surface area (Å²) in [6.07, 6.45) is 4.01. The van der Waals surface area contributed by atoms with E-state index in [0.717, 1.165) is 24.8 Å². The summed E-state index contributed by atoms with van der Waals surface area (Å²) >= 11 is 1.27. The topological polar surface area (TPSA) is 73.6 Å². The van der Waals surface area contributed by atoms with Crippen LogP contribution >= 0.6 is 11.3 Å². The van der Waals surface area contributed by atoms with Crippen molar-refractivity contribution in [1.82, 2.24) is 10.5 Å². The Bertz CT molecular complexity index is 855. The molecule has 1 unspecified atom stereocenters. The summed E-state index contributed by atoms with van der Waals surface area (Å²) in [5.74, 6) is 0.288. The Balaban J connectivity index is 1.59. The van der Waals surface area contributed by atoms with E-state index in [1.807, 2.05) is 36.4 Å². The van der Waals surface area contributed by atoms with Crippen LogP contribution in [0.5, 0.6) is 0 Å². The number of carbonyl (C=O) groups is 1. The van der Waals surface area contributed by atoms with Gasteiger partial charge in [-0.3, -0.25) is 4.79 Å². The normalized spacial score (nSPS) is 17.2. The van der Waals surface area contributed by atoms with Crippen molar-refractivity contribution in [3.8, 4) is 22.0 Å². The summed E-state index contributed by atoms with van der Waals surface area (Å²) in [4.78, 5) is 23.2. The smallest absolute Gasteiger partial charge is 0.287 e. The van der Waals surface area contributed by atoms with Crippen LogP contribution in [0, 0.1) is 0 Å². The molecule has 3 heterocycles. The van der Waals surface area contributed by atoms with Gasteiger partial charge in [-0.15, -0.1) is 11.3 Å². The number of thiazole rings is 1. The fourth-order valence-corrected chi connectivity index (χ4v) is 3.68. The van der Waals surface area contributed by atoms with E-state index in [9.17, 15) is 4.79 Å². The molecule has 1 amide bonds. The summed E-state index contributed by atoms with van der Waals surface area (Å²) in [6.45, 7) is 0.652. The third-order valence-corrected chi connectivity index (χ3v) is 5.10. The van der Waals surface area contributed by atoms with E-state index in [1.54, 1.807) is 12.3 Å². The van der Waals surface area contributed by atoms with Crippen LogP contribution in [0.3, 0.4) is 0 Å². The SMILES string of the molecule is O=C(NOC1CCCCO1)c1sc(-c2ccco2)nc1-c1ccccc1. The van der Waals surface area contributed by atoms with Crippen molar-refractivity contribution in [3.05, 3.63) is 53.6 Å². The lowest BCUT2D eigenvalue weighted by Crippen LogP contribution is -2.33.